The lowest BCUT2D eigenvalue weighted by Crippen LogP contribution is -2.35. The van der Waals surface area contributed by atoms with Gasteiger partial charge in [-0.3, -0.25) is 35.5 Å². The zero-order valence-corrected chi connectivity index (χ0v) is 28.0. The molecule has 0 saturated carbocycles. The minimum absolute atomic E-state index is 0.0657. The Bertz CT molecular complexity index is 1870. The number of carbonyl (C=O) groups is 4. The number of benzene rings is 3. The third-order valence-corrected chi connectivity index (χ3v) is 8.99. The predicted molar refractivity (Wildman–Crippen MR) is 184 cm³/mol. The molecule has 2 aliphatic rings. The zero-order valence-electron chi connectivity index (χ0n) is 22.9. The highest BCUT2D eigenvalue weighted by Crippen LogP contribution is 2.29. The Labute approximate surface area is 283 Å². The maximum absolute atomic E-state index is 12.4. The molecule has 218 valence electrons. The smallest absolute Gasteiger partial charge is 0.267 e. The minimum atomic E-state index is -0.465. The molecule has 3 N–H and O–H groups in total. The molecule has 3 heterocycles. The van der Waals surface area contributed by atoms with Crippen molar-refractivity contribution < 1.29 is 19.2 Å². The number of hydrogen-bond donors (Lipinski definition) is 3. The molecule has 0 aliphatic carbocycles. The monoisotopic (exact) mass is 825 g/mol. The summed E-state index contributed by atoms with van der Waals surface area (Å²) in [6.07, 6.45) is 1.66. The Kier molecular flexibility index (Phi) is 9.57. The average Bonchev–Trinajstić information content (AvgIpc) is 3.68. The van der Waals surface area contributed by atoms with E-state index < -0.39 is 11.8 Å². The molecule has 0 spiro atoms. The maximum Gasteiger partial charge on any atom is 0.282 e. The lowest BCUT2D eigenvalue weighted by Gasteiger charge is -2.14. The van der Waals surface area contributed by atoms with E-state index in [-0.39, 0.29) is 23.0 Å². The van der Waals surface area contributed by atoms with Gasteiger partial charge in [-0.15, -0.1) is 11.3 Å². The fourth-order valence-corrected chi connectivity index (χ4v) is 5.92. The first-order chi connectivity index (χ1) is 21.2. The summed E-state index contributed by atoms with van der Waals surface area (Å²) < 4.78 is 2.12. The standard InChI is InChI=1S/C17H10IN3O2.C15H11IN2O2S/c18-13-7-5-12(6-8-13)14(15-16(22)20-21-17(15)23)11-3-1-10(9-19)2-4-11;1-9-6-7-21-13(9)8-12-14(19)17-18(15(12)20)11-4-2-10(16)3-5-11/h1-8H,(H,20,22)(H,21,23);2-8H,1H3,(H,17,19). The van der Waals surface area contributed by atoms with Crippen LogP contribution in [0, 0.1) is 25.4 Å². The van der Waals surface area contributed by atoms with Crippen LogP contribution in [0.3, 0.4) is 0 Å². The van der Waals surface area contributed by atoms with Crippen molar-refractivity contribution in [2.45, 2.75) is 6.92 Å². The molecule has 3 aromatic carbocycles. The van der Waals surface area contributed by atoms with Crippen molar-refractivity contribution in [1.29, 1.82) is 5.26 Å². The summed E-state index contributed by atoms with van der Waals surface area (Å²) in [5, 5.41) is 12.1. The van der Waals surface area contributed by atoms with E-state index in [9.17, 15) is 19.2 Å². The molecule has 6 rings (SSSR count). The van der Waals surface area contributed by atoms with E-state index in [1.54, 1.807) is 42.5 Å². The Hall–Kier alpha value is -4.33. The molecule has 0 bridgehead atoms. The molecule has 9 nitrogen and oxygen atoms in total. The van der Waals surface area contributed by atoms with Gasteiger partial charge in [-0.05, 0) is 135 Å². The van der Waals surface area contributed by atoms with Gasteiger partial charge in [0, 0.05) is 17.6 Å². The van der Waals surface area contributed by atoms with Crippen molar-refractivity contribution in [3.05, 3.63) is 130 Å². The fourth-order valence-electron chi connectivity index (χ4n) is 4.34. The van der Waals surface area contributed by atoms with Gasteiger partial charge in [0.1, 0.15) is 11.1 Å². The zero-order chi connectivity index (χ0) is 31.4. The van der Waals surface area contributed by atoms with Crippen molar-refractivity contribution in [3.8, 4) is 6.07 Å². The highest BCUT2D eigenvalue weighted by atomic mass is 127. The SMILES string of the molecule is Cc1ccsc1C=C1C(=O)NN(c2ccc(I)cc2)C1=O.N#Cc1ccc(C(=C2C(=O)NNC2=O)c2ccc(I)cc2)cc1. The molecule has 1 aromatic heterocycles. The second-order valence-corrected chi connectivity index (χ2v) is 12.9. The Balaban J connectivity index is 0.000000175. The van der Waals surface area contributed by atoms with Gasteiger partial charge in [0.05, 0.1) is 17.3 Å². The van der Waals surface area contributed by atoms with Crippen LogP contribution in [0.25, 0.3) is 11.6 Å². The van der Waals surface area contributed by atoms with Gasteiger partial charge >= 0.3 is 0 Å². The fraction of sp³-hybridized carbons (Fsp3) is 0.0312. The topological polar surface area (TPSA) is 131 Å². The molecular formula is C32H21I2N5O4S. The number of halogens is 2. The van der Waals surface area contributed by atoms with Gasteiger partial charge < -0.3 is 0 Å². The second kappa shape index (κ2) is 13.5. The van der Waals surface area contributed by atoms with Crippen LogP contribution in [-0.2, 0) is 19.2 Å². The number of carbonyl (C=O) groups excluding carboxylic acids is 4. The summed E-state index contributed by atoms with van der Waals surface area (Å²) in [4.78, 5) is 49.5. The third-order valence-electron chi connectivity index (χ3n) is 6.58. The molecule has 44 heavy (non-hydrogen) atoms. The first kappa shape index (κ1) is 31.1. The van der Waals surface area contributed by atoms with Crippen LogP contribution in [0.2, 0.25) is 0 Å². The van der Waals surface area contributed by atoms with Crippen LogP contribution in [0.5, 0.6) is 0 Å². The van der Waals surface area contributed by atoms with Gasteiger partial charge in [0.2, 0.25) is 0 Å². The van der Waals surface area contributed by atoms with Crippen LogP contribution in [0.4, 0.5) is 5.69 Å². The van der Waals surface area contributed by atoms with Gasteiger partial charge in [0.15, 0.2) is 0 Å². The lowest BCUT2D eigenvalue weighted by molar-refractivity contribution is -0.118. The summed E-state index contributed by atoms with van der Waals surface area (Å²) in [7, 11) is 0. The van der Waals surface area contributed by atoms with Crippen LogP contribution < -0.4 is 21.3 Å². The maximum atomic E-state index is 12.4. The minimum Gasteiger partial charge on any atom is -0.267 e. The normalized spacial score (nSPS) is 14.9. The third kappa shape index (κ3) is 6.74. The number of rotatable bonds is 4. The van der Waals surface area contributed by atoms with E-state index in [4.69, 9.17) is 5.26 Å². The summed E-state index contributed by atoms with van der Waals surface area (Å²) in [5.74, 6) is -1.62. The van der Waals surface area contributed by atoms with Crippen molar-refractivity contribution in [3.63, 3.8) is 0 Å². The summed E-state index contributed by atoms with van der Waals surface area (Å²) in [5.41, 5.74) is 11.7. The molecular weight excluding hydrogens is 804 g/mol. The molecule has 0 unspecified atom stereocenters. The number of hydrazine groups is 2. The highest BCUT2D eigenvalue weighted by molar-refractivity contribution is 14.1. The van der Waals surface area contributed by atoms with Gasteiger partial charge in [-0.25, -0.2) is 5.01 Å². The molecule has 2 fully saturated rings. The van der Waals surface area contributed by atoms with Gasteiger partial charge in [-0.2, -0.15) is 5.26 Å². The largest absolute Gasteiger partial charge is 0.282 e. The highest BCUT2D eigenvalue weighted by Gasteiger charge is 2.34. The van der Waals surface area contributed by atoms with E-state index in [1.807, 2.05) is 54.8 Å². The number of amides is 4. The first-order valence-corrected chi connectivity index (χ1v) is 16.0. The van der Waals surface area contributed by atoms with Crippen molar-refractivity contribution in [2.24, 2.45) is 0 Å². The number of nitrogens with one attached hydrogen (secondary N) is 3. The molecule has 0 atom stereocenters. The van der Waals surface area contributed by atoms with Gasteiger partial charge in [0.25, 0.3) is 23.6 Å². The van der Waals surface area contributed by atoms with Crippen molar-refractivity contribution in [1.82, 2.24) is 16.3 Å². The van der Waals surface area contributed by atoms with Crippen molar-refractivity contribution in [2.75, 3.05) is 5.01 Å². The number of hydrogen-bond acceptors (Lipinski definition) is 6. The van der Waals surface area contributed by atoms with Gasteiger partial charge in [-0.1, -0.05) is 24.3 Å². The summed E-state index contributed by atoms with van der Waals surface area (Å²) >= 11 is 5.89. The van der Waals surface area contributed by atoms with Crippen LogP contribution >= 0.6 is 56.5 Å². The second-order valence-electron chi connectivity index (χ2n) is 9.44. The van der Waals surface area contributed by atoms with E-state index >= 15 is 0 Å². The summed E-state index contributed by atoms with van der Waals surface area (Å²) in [6.45, 7) is 1.96. The number of thiophene rings is 1. The van der Waals surface area contributed by atoms with E-state index in [0.29, 0.717) is 22.4 Å². The number of aryl methyl sites for hydroxylation is 1. The van der Waals surface area contributed by atoms with E-state index in [0.717, 1.165) is 23.1 Å². The average molecular weight is 825 g/mol. The Morgan fingerprint density at radius 1 is 0.795 bits per heavy atom. The Morgan fingerprint density at radius 2 is 1.34 bits per heavy atom. The van der Waals surface area contributed by atoms with E-state index in [2.05, 4.69) is 67.5 Å². The van der Waals surface area contributed by atoms with E-state index in [1.165, 1.54) is 16.3 Å². The quantitative estimate of drug-likeness (QED) is 0.147. The van der Waals surface area contributed by atoms with Crippen molar-refractivity contribution >= 4 is 97.5 Å². The predicted octanol–water partition coefficient (Wildman–Crippen LogP) is 5.25. The Morgan fingerprint density at radius 3 is 1.86 bits per heavy atom. The molecule has 4 amide bonds. The molecule has 2 aliphatic heterocycles. The number of anilines is 1. The number of nitriles is 1. The summed E-state index contributed by atoms with van der Waals surface area (Å²) in [6, 6.07) is 25.7. The van der Waals surface area contributed by atoms with Crippen LogP contribution in [0.1, 0.15) is 27.1 Å². The molecule has 0 radical (unpaired) electrons. The first-order valence-electron chi connectivity index (χ1n) is 12.9. The molecule has 4 aromatic rings. The number of nitrogens with zero attached hydrogens (tertiary/aromatic N) is 2. The molecule has 12 heteroatoms. The van der Waals surface area contributed by atoms with Crippen LogP contribution in [0.15, 0.2) is 95.4 Å². The molecule has 2 saturated heterocycles. The lowest BCUT2D eigenvalue weighted by atomic mass is 9.92. The van der Waals surface area contributed by atoms with Crippen LogP contribution in [-0.4, -0.2) is 23.6 Å².